The smallest absolute Gasteiger partial charge is 0.244 e. The van der Waals surface area contributed by atoms with E-state index in [9.17, 15) is 20.0 Å². The van der Waals surface area contributed by atoms with Gasteiger partial charge in [-0.1, -0.05) is 45.4 Å². The second-order valence-corrected chi connectivity index (χ2v) is 21.2. The van der Waals surface area contributed by atoms with Gasteiger partial charge in [0.05, 0.1) is 28.1 Å². The number of nitriles is 1. The highest BCUT2D eigenvalue weighted by Crippen LogP contribution is 2.56. The van der Waals surface area contributed by atoms with Crippen LogP contribution < -0.4 is 35.6 Å². The lowest BCUT2D eigenvalue weighted by atomic mass is 9.49. The third kappa shape index (κ3) is 8.38. The molecule has 0 aromatic heterocycles. The molecular weight excluding hydrogens is 828 g/mol. The maximum Gasteiger partial charge on any atom is 0.244 e. The minimum atomic E-state index is -1.02. The normalized spacial score (nSPS) is 27.9. The highest BCUT2D eigenvalue weighted by molar-refractivity contribution is 6.31. The lowest BCUT2D eigenvalue weighted by Gasteiger charge is -2.63. The van der Waals surface area contributed by atoms with E-state index in [1.54, 1.807) is 44.0 Å². The first-order valence-electron chi connectivity index (χ1n) is 22.9. The fourth-order valence-corrected chi connectivity index (χ4v) is 11.8. The van der Waals surface area contributed by atoms with E-state index in [-0.39, 0.29) is 59.0 Å². The fourth-order valence-electron chi connectivity index (χ4n) is 11.6. The minimum Gasteiger partial charge on any atom is -0.489 e. The number of ether oxygens (including phenoxy) is 2. The predicted octanol–water partition coefficient (Wildman–Crippen LogP) is 5.87. The molecule has 0 radical (unpaired) electrons. The number of aliphatic hydroxyl groups is 1. The van der Waals surface area contributed by atoms with Crippen LogP contribution in [-0.2, 0) is 15.2 Å². The van der Waals surface area contributed by atoms with Crippen LogP contribution in [0.2, 0.25) is 5.02 Å². The third-order valence-electron chi connectivity index (χ3n) is 14.9. The van der Waals surface area contributed by atoms with Crippen molar-refractivity contribution in [1.29, 1.82) is 5.26 Å². The second kappa shape index (κ2) is 17.0. The van der Waals surface area contributed by atoms with Crippen molar-refractivity contribution in [3.63, 3.8) is 0 Å². The van der Waals surface area contributed by atoms with E-state index < -0.39 is 5.60 Å². The Morgan fingerprint density at radius 3 is 2.28 bits per heavy atom. The summed E-state index contributed by atoms with van der Waals surface area (Å²) in [6, 6.07) is 21.1. The molecule has 0 bridgehead atoms. The molecule has 5 heterocycles. The molecule has 1 saturated carbocycles. The molecule has 2 unspecified atom stereocenters. The Kier molecular flexibility index (Phi) is 11.8. The van der Waals surface area contributed by atoms with Crippen LogP contribution in [-0.4, -0.2) is 104 Å². The van der Waals surface area contributed by atoms with Crippen LogP contribution in [0.4, 0.5) is 5.69 Å². The van der Waals surface area contributed by atoms with Crippen molar-refractivity contribution in [3.8, 4) is 23.3 Å². The molecule has 6 aliphatic rings. The Balaban J connectivity index is 0.715. The molecule has 13 nitrogen and oxygen atoms in total. The molecule has 1 aliphatic carbocycles. The van der Waals surface area contributed by atoms with Crippen molar-refractivity contribution in [2.75, 3.05) is 57.8 Å². The van der Waals surface area contributed by atoms with Crippen molar-refractivity contribution in [3.05, 3.63) is 88.6 Å². The SMILES string of the molecule is CN1C=C(c2cc(C(C)(C)O)ccc2Oc2ccc(N3CC(CC4CN(C5NCC(C(=O)NC6C(C)(C)C(Oc7ccc(C#N)c(Cl)c7)C6(C)C)CN5)C4)C3)cc2)C2CCNC2C1=O. The maximum atomic E-state index is 13.6. The van der Waals surface area contributed by atoms with E-state index >= 15 is 0 Å². The summed E-state index contributed by atoms with van der Waals surface area (Å²) in [6.07, 6.45) is 3.93. The van der Waals surface area contributed by atoms with E-state index in [4.69, 9.17) is 21.1 Å². The van der Waals surface area contributed by atoms with Crippen molar-refractivity contribution in [2.24, 2.45) is 34.5 Å². The number of fused-ring (bicyclic) bond motifs is 1. The van der Waals surface area contributed by atoms with Gasteiger partial charge in [-0.15, -0.1) is 0 Å². The largest absolute Gasteiger partial charge is 0.489 e. The van der Waals surface area contributed by atoms with Crippen LogP contribution in [0.5, 0.6) is 17.2 Å². The van der Waals surface area contributed by atoms with Gasteiger partial charge in [-0.05, 0) is 105 Å². The number of carbonyl (C=O) groups excluding carboxylic acids is 2. The van der Waals surface area contributed by atoms with Gasteiger partial charge >= 0.3 is 0 Å². The summed E-state index contributed by atoms with van der Waals surface area (Å²) in [6.45, 7) is 18.3. The van der Waals surface area contributed by atoms with E-state index in [2.05, 4.69) is 77.0 Å². The molecule has 3 aromatic rings. The predicted molar refractivity (Wildman–Crippen MR) is 248 cm³/mol. The molecule has 64 heavy (non-hydrogen) atoms. The Labute approximate surface area is 382 Å². The number of nitrogens with zero attached hydrogens (tertiary/aromatic N) is 4. The summed E-state index contributed by atoms with van der Waals surface area (Å²) in [5.41, 5.74) is 2.69. The molecule has 5 N–H and O–H groups in total. The van der Waals surface area contributed by atoms with Gasteiger partial charge in [0, 0.05) is 92.6 Å². The van der Waals surface area contributed by atoms with Crippen LogP contribution >= 0.6 is 11.6 Å². The first-order chi connectivity index (χ1) is 30.4. The summed E-state index contributed by atoms with van der Waals surface area (Å²) in [4.78, 5) is 33.0. The monoisotopic (exact) mass is 890 g/mol. The van der Waals surface area contributed by atoms with Crippen LogP contribution in [0.25, 0.3) is 5.57 Å². The number of anilines is 1. The van der Waals surface area contributed by atoms with Gasteiger partial charge in [-0.25, -0.2) is 0 Å². The highest BCUT2D eigenvalue weighted by atomic mass is 35.5. The maximum absolute atomic E-state index is 13.6. The number of likely N-dealkylation sites (N-methyl/N-ethyl adjacent to an activating group) is 1. The number of likely N-dealkylation sites (tertiary alicyclic amines) is 1. The molecule has 9 rings (SSSR count). The molecular formula is C50H63ClN8O5. The van der Waals surface area contributed by atoms with Crippen molar-refractivity contribution < 1.29 is 24.2 Å². The molecule has 340 valence electrons. The van der Waals surface area contributed by atoms with Crippen LogP contribution in [0.3, 0.4) is 0 Å². The van der Waals surface area contributed by atoms with Gasteiger partial charge in [0.1, 0.15) is 35.7 Å². The average molecular weight is 892 g/mol. The van der Waals surface area contributed by atoms with Crippen molar-refractivity contribution in [1.82, 2.24) is 31.1 Å². The zero-order valence-electron chi connectivity index (χ0n) is 38.1. The summed E-state index contributed by atoms with van der Waals surface area (Å²) >= 11 is 6.27. The van der Waals surface area contributed by atoms with Gasteiger partial charge in [-0.2, -0.15) is 5.26 Å². The average Bonchev–Trinajstić information content (AvgIpc) is 3.73. The Morgan fingerprint density at radius 1 is 0.953 bits per heavy atom. The summed E-state index contributed by atoms with van der Waals surface area (Å²) < 4.78 is 13.0. The Morgan fingerprint density at radius 2 is 1.62 bits per heavy atom. The quantitative estimate of drug-likeness (QED) is 0.148. The van der Waals surface area contributed by atoms with Crippen LogP contribution in [0, 0.1) is 45.8 Å². The fraction of sp³-hybridized carbons (Fsp3) is 0.540. The Bertz CT molecular complexity index is 2320. The number of hydrogen-bond acceptors (Lipinski definition) is 11. The lowest BCUT2D eigenvalue weighted by Crippen LogP contribution is -2.75. The molecule has 4 saturated heterocycles. The Hall–Kier alpha value is -4.68. The van der Waals surface area contributed by atoms with Gasteiger partial charge in [0.2, 0.25) is 11.8 Å². The standard InChI is InChI=1S/C50H63ClN8O5/c1-48(2)45(49(3,4)46(48)64-36-12-8-31(21-52)40(51)20-36)56-43(60)32-22-54-47(55-23-32)59-26-30(27-59)18-29-24-58(25-29)34-10-13-35(14-11-34)63-41-15-9-33(50(5,6)62)19-38(41)39-28-57(7)44(61)42-37(39)16-17-53-42/h8-15,19-20,28-30,32,37,42,45-47,53-55,62H,16-18,22-27H2,1-7H3,(H,56,60). The van der Waals surface area contributed by atoms with E-state index in [0.717, 1.165) is 61.6 Å². The number of benzene rings is 3. The third-order valence-corrected chi connectivity index (χ3v) is 15.2. The van der Waals surface area contributed by atoms with E-state index in [1.165, 1.54) is 12.1 Å². The minimum absolute atomic E-state index is 0.0430. The highest BCUT2D eigenvalue weighted by Gasteiger charge is 2.64. The molecule has 5 fully saturated rings. The first kappa shape index (κ1) is 44.5. The first-order valence-corrected chi connectivity index (χ1v) is 23.3. The van der Waals surface area contributed by atoms with Gasteiger partial charge < -0.3 is 35.0 Å². The number of nitrogens with one attached hydrogen (secondary N) is 4. The summed E-state index contributed by atoms with van der Waals surface area (Å²) in [7, 11) is 1.80. The number of halogens is 1. The van der Waals surface area contributed by atoms with Crippen LogP contribution in [0.15, 0.2) is 66.9 Å². The zero-order chi connectivity index (χ0) is 45.3. The molecule has 3 aromatic carbocycles. The lowest BCUT2D eigenvalue weighted by molar-refractivity contribution is -0.175. The van der Waals surface area contributed by atoms with Gasteiger partial charge in [0.25, 0.3) is 0 Å². The number of carbonyl (C=O) groups is 2. The summed E-state index contributed by atoms with van der Waals surface area (Å²) in [5.74, 6) is 3.39. The summed E-state index contributed by atoms with van der Waals surface area (Å²) in [5, 5.41) is 34.4. The topological polar surface area (TPSA) is 154 Å². The van der Waals surface area contributed by atoms with Crippen molar-refractivity contribution in [2.45, 2.75) is 84.5 Å². The van der Waals surface area contributed by atoms with Gasteiger partial charge in [-0.3, -0.25) is 25.1 Å². The van der Waals surface area contributed by atoms with Gasteiger partial charge in [0.15, 0.2) is 0 Å². The van der Waals surface area contributed by atoms with Crippen molar-refractivity contribution >= 4 is 34.7 Å². The molecule has 2 atom stereocenters. The molecule has 0 spiro atoms. The second-order valence-electron chi connectivity index (χ2n) is 20.8. The molecule has 14 heteroatoms. The van der Waals surface area contributed by atoms with E-state index in [0.29, 0.717) is 47.0 Å². The zero-order valence-corrected chi connectivity index (χ0v) is 38.8. The van der Waals surface area contributed by atoms with Crippen LogP contribution in [0.1, 0.15) is 71.1 Å². The number of amides is 2. The number of hydrogen-bond donors (Lipinski definition) is 5. The molecule has 2 amide bonds. The van der Waals surface area contributed by atoms with E-state index in [1.807, 2.05) is 36.5 Å². The molecule has 5 aliphatic heterocycles. The number of rotatable bonds is 12.